The summed E-state index contributed by atoms with van der Waals surface area (Å²) in [7, 11) is 0. The van der Waals surface area contributed by atoms with Crippen molar-refractivity contribution in [3.8, 4) is 5.75 Å². The number of fused-ring (bicyclic) bond motifs is 1. The SMILES string of the molecule is CCC(CC)NC(=O)COc1ccc(Cl)c2cccnc12. The monoisotopic (exact) mass is 306 g/mol. The first-order chi connectivity index (χ1) is 10.2. The van der Waals surface area contributed by atoms with E-state index in [9.17, 15) is 4.79 Å². The van der Waals surface area contributed by atoms with Gasteiger partial charge in [-0.3, -0.25) is 9.78 Å². The molecule has 1 amide bonds. The van der Waals surface area contributed by atoms with Crippen molar-refractivity contribution in [3.63, 3.8) is 0 Å². The van der Waals surface area contributed by atoms with Gasteiger partial charge in [-0.05, 0) is 37.1 Å². The van der Waals surface area contributed by atoms with E-state index in [1.807, 2.05) is 26.0 Å². The van der Waals surface area contributed by atoms with Crippen molar-refractivity contribution < 1.29 is 9.53 Å². The highest BCUT2D eigenvalue weighted by Gasteiger charge is 2.11. The minimum atomic E-state index is -0.122. The highest BCUT2D eigenvalue weighted by Crippen LogP contribution is 2.29. The molecule has 5 heteroatoms. The molecule has 21 heavy (non-hydrogen) atoms. The van der Waals surface area contributed by atoms with Crippen LogP contribution < -0.4 is 10.1 Å². The zero-order valence-corrected chi connectivity index (χ0v) is 13.0. The number of ether oxygens (including phenoxy) is 1. The molecule has 0 radical (unpaired) electrons. The number of rotatable bonds is 6. The quantitative estimate of drug-likeness (QED) is 0.887. The van der Waals surface area contributed by atoms with Gasteiger partial charge < -0.3 is 10.1 Å². The number of amides is 1. The maximum absolute atomic E-state index is 11.9. The summed E-state index contributed by atoms with van der Waals surface area (Å²) in [6, 6.07) is 7.38. The molecule has 0 aliphatic heterocycles. The van der Waals surface area contributed by atoms with Crippen molar-refractivity contribution in [2.24, 2.45) is 0 Å². The Morgan fingerprint density at radius 1 is 1.33 bits per heavy atom. The Kier molecular flexibility index (Phi) is 5.39. The van der Waals surface area contributed by atoms with E-state index in [0.717, 1.165) is 18.2 Å². The Bertz CT molecular complexity index is 627. The average molecular weight is 307 g/mol. The summed E-state index contributed by atoms with van der Waals surface area (Å²) in [5, 5.41) is 4.37. The summed E-state index contributed by atoms with van der Waals surface area (Å²) in [6.07, 6.45) is 3.50. The van der Waals surface area contributed by atoms with E-state index < -0.39 is 0 Å². The minimum Gasteiger partial charge on any atom is -0.481 e. The lowest BCUT2D eigenvalue weighted by Gasteiger charge is -2.15. The van der Waals surface area contributed by atoms with E-state index >= 15 is 0 Å². The van der Waals surface area contributed by atoms with Crippen molar-refractivity contribution in [1.29, 1.82) is 0 Å². The van der Waals surface area contributed by atoms with Crippen LogP contribution in [-0.4, -0.2) is 23.5 Å². The third kappa shape index (κ3) is 3.85. The number of carbonyl (C=O) groups excluding carboxylic acids is 1. The van der Waals surface area contributed by atoms with E-state index in [1.54, 1.807) is 18.3 Å². The fourth-order valence-corrected chi connectivity index (χ4v) is 2.35. The fraction of sp³-hybridized carbons (Fsp3) is 0.375. The smallest absolute Gasteiger partial charge is 0.258 e. The molecule has 0 saturated carbocycles. The summed E-state index contributed by atoms with van der Waals surface area (Å²) in [5.41, 5.74) is 0.667. The van der Waals surface area contributed by atoms with Crippen LogP contribution in [0.25, 0.3) is 10.9 Å². The molecule has 2 rings (SSSR count). The van der Waals surface area contributed by atoms with Crippen LogP contribution in [0.3, 0.4) is 0 Å². The molecular weight excluding hydrogens is 288 g/mol. The van der Waals surface area contributed by atoms with Gasteiger partial charge in [0.2, 0.25) is 0 Å². The molecule has 1 N–H and O–H groups in total. The highest BCUT2D eigenvalue weighted by atomic mass is 35.5. The molecule has 0 aliphatic carbocycles. The number of hydrogen-bond donors (Lipinski definition) is 1. The molecular formula is C16H19ClN2O2. The van der Waals surface area contributed by atoms with Gasteiger partial charge in [-0.1, -0.05) is 25.4 Å². The predicted octanol–water partition coefficient (Wildman–Crippen LogP) is 3.57. The first kappa shape index (κ1) is 15.6. The number of nitrogens with zero attached hydrogens (tertiary/aromatic N) is 1. The summed E-state index contributed by atoms with van der Waals surface area (Å²) in [6.45, 7) is 4.07. The number of benzene rings is 1. The van der Waals surface area contributed by atoms with E-state index in [2.05, 4.69) is 10.3 Å². The molecule has 1 aromatic heterocycles. The predicted molar refractivity (Wildman–Crippen MR) is 84.8 cm³/mol. The lowest BCUT2D eigenvalue weighted by molar-refractivity contribution is -0.123. The molecule has 0 saturated heterocycles. The van der Waals surface area contributed by atoms with Crippen LogP contribution in [0.4, 0.5) is 0 Å². The number of hydrogen-bond acceptors (Lipinski definition) is 3. The number of halogens is 1. The van der Waals surface area contributed by atoms with Gasteiger partial charge in [-0.25, -0.2) is 0 Å². The largest absolute Gasteiger partial charge is 0.481 e. The van der Waals surface area contributed by atoms with Gasteiger partial charge >= 0.3 is 0 Å². The van der Waals surface area contributed by atoms with Crippen molar-refractivity contribution >= 4 is 28.4 Å². The van der Waals surface area contributed by atoms with Gasteiger partial charge in [0.15, 0.2) is 6.61 Å². The normalized spacial score (nSPS) is 10.9. The number of carbonyl (C=O) groups is 1. The zero-order chi connectivity index (χ0) is 15.2. The maximum Gasteiger partial charge on any atom is 0.258 e. The van der Waals surface area contributed by atoms with Crippen molar-refractivity contribution in [2.45, 2.75) is 32.7 Å². The van der Waals surface area contributed by atoms with Crippen LogP contribution in [0.15, 0.2) is 30.5 Å². The van der Waals surface area contributed by atoms with Gasteiger partial charge in [0.1, 0.15) is 11.3 Å². The lowest BCUT2D eigenvalue weighted by atomic mass is 10.2. The Hall–Kier alpha value is -1.81. The van der Waals surface area contributed by atoms with Crippen LogP contribution in [0.2, 0.25) is 5.02 Å². The molecule has 0 unspecified atom stereocenters. The Balaban J connectivity index is 2.07. The first-order valence-corrected chi connectivity index (χ1v) is 7.48. The Morgan fingerprint density at radius 3 is 2.81 bits per heavy atom. The van der Waals surface area contributed by atoms with Gasteiger partial charge in [-0.2, -0.15) is 0 Å². The van der Waals surface area contributed by atoms with Crippen LogP contribution >= 0.6 is 11.6 Å². The van der Waals surface area contributed by atoms with Crippen LogP contribution in [-0.2, 0) is 4.79 Å². The van der Waals surface area contributed by atoms with Gasteiger partial charge in [0.05, 0.1) is 5.02 Å². The molecule has 0 atom stereocenters. The van der Waals surface area contributed by atoms with E-state index in [0.29, 0.717) is 16.3 Å². The molecule has 0 spiro atoms. The molecule has 4 nitrogen and oxygen atoms in total. The zero-order valence-electron chi connectivity index (χ0n) is 12.2. The van der Waals surface area contributed by atoms with Gasteiger partial charge in [0, 0.05) is 17.6 Å². The van der Waals surface area contributed by atoms with E-state index in [4.69, 9.17) is 16.3 Å². The van der Waals surface area contributed by atoms with E-state index in [-0.39, 0.29) is 18.6 Å². The molecule has 2 aromatic rings. The molecule has 0 fully saturated rings. The maximum atomic E-state index is 11.9. The van der Waals surface area contributed by atoms with Crippen molar-refractivity contribution in [2.75, 3.05) is 6.61 Å². The topological polar surface area (TPSA) is 51.2 Å². The third-order valence-corrected chi connectivity index (χ3v) is 3.72. The second-order valence-corrected chi connectivity index (χ2v) is 5.22. The van der Waals surface area contributed by atoms with Crippen molar-refractivity contribution in [1.82, 2.24) is 10.3 Å². The van der Waals surface area contributed by atoms with Crippen LogP contribution in [0.1, 0.15) is 26.7 Å². The second-order valence-electron chi connectivity index (χ2n) is 4.81. The Morgan fingerprint density at radius 2 is 2.10 bits per heavy atom. The minimum absolute atomic E-state index is 0.0240. The molecule has 1 aromatic carbocycles. The fourth-order valence-electron chi connectivity index (χ4n) is 2.13. The average Bonchev–Trinajstić information content (AvgIpc) is 2.52. The summed E-state index contributed by atoms with van der Waals surface area (Å²) < 4.78 is 5.59. The number of pyridine rings is 1. The number of aromatic nitrogens is 1. The third-order valence-electron chi connectivity index (χ3n) is 3.39. The van der Waals surface area contributed by atoms with Crippen LogP contribution in [0, 0.1) is 0 Å². The highest BCUT2D eigenvalue weighted by molar-refractivity contribution is 6.35. The summed E-state index contributed by atoms with van der Waals surface area (Å²) in [5.74, 6) is 0.442. The summed E-state index contributed by atoms with van der Waals surface area (Å²) in [4.78, 5) is 16.1. The second kappa shape index (κ2) is 7.27. The first-order valence-electron chi connectivity index (χ1n) is 7.11. The van der Waals surface area contributed by atoms with Crippen LogP contribution in [0.5, 0.6) is 5.75 Å². The number of nitrogens with one attached hydrogen (secondary N) is 1. The standard InChI is InChI=1S/C16H19ClN2O2/c1-3-11(4-2)19-15(20)10-21-14-8-7-13(17)12-6-5-9-18-16(12)14/h5-9,11H,3-4,10H2,1-2H3,(H,19,20). The summed E-state index contributed by atoms with van der Waals surface area (Å²) >= 11 is 6.12. The molecule has 112 valence electrons. The lowest BCUT2D eigenvalue weighted by Crippen LogP contribution is -2.37. The van der Waals surface area contributed by atoms with Crippen molar-refractivity contribution in [3.05, 3.63) is 35.5 Å². The molecule has 0 bridgehead atoms. The van der Waals surface area contributed by atoms with Gasteiger partial charge in [0.25, 0.3) is 5.91 Å². The molecule has 0 aliphatic rings. The van der Waals surface area contributed by atoms with Gasteiger partial charge in [-0.15, -0.1) is 0 Å². The molecule has 1 heterocycles. The Labute approximate surface area is 129 Å². The van der Waals surface area contributed by atoms with E-state index in [1.165, 1.54) is 0 Å².